The Kier molecular flexibility index (Phi) is 6.41. The summed E-state index contributed by atoms with van der Waals surface area (Å²) in [7, 11) is 1.79. The number of thiazole rings is 1. The Bertz CT molecular complexity index is 845. The highest BCUT2D eigenvalue weighted by Gasteiger charge is 2.29. The lowest BCUT2D eigenvalue weighted by atomic mass is 9.94. The van der Waals surface area contributed by atoms with Crippen LogP contribution in [0.3, 0.4) is 0 Å². The van der Waals surface area contributed by atoms with Crippen molar-refractivity contribution >= 4 is 22.9 Å². The van der Waals surface area contributed by atoms with E-state index in [4.69, 9.17) is 0 Å². The molecule has 8 heteroatoms. The van der Waals surface area contributed by atoms with Crippen molar-refractivity contribution < 1.29 is 9.72 Å². The second-order valence-electron chi connectivity index (χ2n) is 7.39. The molecule has 0 radical (unpaired) electrons. The van der Waals surface area contributed by atoms with Gasteiger partial charge in [-0.1, -0.05) is 12.1 Å². The first-order chi connectivity index (χ1) is 13.3. The van der Waals surface area contributed by atoms with Crippen molar-refractivity contribution in [1.82, 2.24) is 14.8 Å². The highest BCUT2D eigenvalue weighted by atomic mass is 32.1. The van der Waals surface area contributed by atoms with Crippen molar-refractivity contribution in [2.24, 2.45) is 5.92 Å². The van der Waals surface area contributed by atoms with Gasteiger partial charge in [0.1, 0.15) is 0 Å². The zero-order chi connectivity index (χ0) is 20.3. The van der Waals surface area contributed by atoms with Crippen molar-refractivity contribution in [3.8, 4) is 0 Å². The Labute approximate surface area is 169 Å². The van der Waals surface area contributed by atoms with Crippen molar-refractivity contribution in [2.45, 2.75) is 39.3 Å². The first-order valence-electron chi connectivity index (χ1n) is 9.49. The molecule has 0 spiro atoms. The molecule has 1 saturated heterocycles. The van der Waals surface area contributed by atoms with Gasteiger partial charge in [-0.3, -0.25) is 19.8 Å². The minimum Gasteiger partial charge on any atom is -0.339 e. The Morgan fingerprint density at radius 3 is 2.75 bits per heavy atom. The molecule has 28 heavy (non-hydrogen) atoms. The van der Waals surface area contributed by atoms with Crippen LogP contribution in [0.15, 0.2) is 29.6 Å². The molecule has 1 unspecified atom stereocenters. The number of aromatic nitrogens is 1. The average molecular weight is 403 g/mol. The van der Waals surface area contributed by atoms with E-state index in [-0.39, 0.29) is 23.6 Å². The molecule has 1 amide bonds. The molecule has 1 aromatic carbocycles. The van der Waals surface area contributed by atoms with E-state index in [9.17, 15) is 14.9 Å². The van der Waals surface area contributed by atoms with Crippen LogP contribution in [0.5, 0.6) is 0 Å². The number of non-ortho nitro benzene ring substituents is 1. The molecule has 2 heterocycles. The summed E-state index contributed by atoms with van der Waals surface area (Å²) in [5.74, 6) is 0.114. The van der Waals surface area contributed by atoms with E-state index >= 15 is 0 Å². The van der Waals surface area contributed by atoms with E-state index in [0.29, 0.717) is 0 Å². The van der Waals surface area contributed by atoms with Crippen LogP contribution in [0.1, 0.15) is 42.1 Å². The van der Waals surface area contributed by atoms with E-state index < -0.39 is 4.92 Å². The number of nitro groups is 1. The molecule has 2 aromatic rings. The van der Waals surface area contributed by atoms with Crippen LogP contribution in [-0.2, 0) is 11.3 Å². The number of carbonyl (C=O) groups is 1. The molecule has 0 N–H and O–H groups in total. The molecular formula is C20H26N4O3S. The summed E-state index contributed by atoms with van der Waals surface area (Å²) in [5.41, 5.74) is 1.93. The maximum Gasteiger partial charge on any atom is 0.269 e. The second-order valence-corrected chi connectivity index (χ2v) is 8.45. The molecule has 0 aliphatic carbocycles. The van der Waals surface area contributed by atoms with Crippen LogP contribution < -0.4 is 0 Å². The van der Waals surface area contributed by atoms with Gasteiger partial charge in [0.05, 0.1) is 21.7 Å². The van der Waals surface area contributed by atoms with E-state index in [1.165, 1.54) is 6.07 Å². The monoisotopic (exact) mass is 402 g/mol. The molecule has 150 valence electrons. The van der Waals surface area contributed by atoms with Crippen molar-refractivity contribution in [3.05, 3.63) is 56.0 Å². The summed E-state index contributed by atoms with van der Waals surface area (Å²) in [5, 5.41) is 14.2. The number of benzene rings is 1. The van der Waals surface area contributed by atoms with Gasteiger partial charge in [-0.25, -0.2) is 4.98 Å². The fourth-order valence-electron chi connectivity index (χ4n) is 3.65. The largest absolute Gasteiger partial charge is 0.339 e. The van der Waals surface area contributed by atoms with Gasteiger partial charge >= 0.3 is 0 Å². The molecule has 1 fully saturated rings. The summed E-state index contributed by atoms with van der Waals surface area (Å²) >= 11 is 1.67. The quantitative estimate of drug-likeness (QED) is 0.542. The Morgan fingerprint density at radius 1 is 1.43 bits per heavy atom. The first kappa shape index (κ1) is 20.4. The molecule has 1 aliphatic rings. The second kappa shape index (κ2) is 8.79. The standard InChI is InChI=1S/C20H26N4O3S/c1-14(17-5-4-6-19(11-17)24(26)27)22(3)20(25)16-7-9-23(10-8-16)12-18-13-28-15(2)21-18/h4-6,11,13-14,16H,7-10,12H2,1-3H3. The zero-order valence-electron chi connectivity index (χ0n) is 16.5. The number of hydrogen-bond acceptors (Lipinski definition) is 6. The van der Waals surface area contributed by atoms with Crippen LogP contribution >= 0.6 is 11.3 Å². The van der Waals surface area contributed by atoms with Gasteiger partial charge in [-0.2, -0.15) is 0 Å². The fourth-order valence-corrected chi connectivity index (χ4v) is 4.25. The molecule has 1 atom stereocenters. The van der Waals surface area contributed by atoms with Gasteiger partial charge in [0.15, 0.2) is 0 Å². The maximum absolute atomic E-state index is 13.0. The third-order valence-electron chi connectivity index (χ3n) is 5.48. The van der Waals surface area contributed by atoms with E-state index in [2.05, 4.69) is 15.3 Å². The molecule has 1 aliphatic heterocycles. The minimum absolute atomic E-state index is 0.000400. The number of carbonyl (C=O) groups excluding carboxylic acids is 1. The Morgan fingerprint density at radius 2 is 2.14 bits per heavy atom. The highest BCUT2D eigenvalue weighted by molar-refractivity contribution is 7.09. The minimum atomic E-state index is -0.405. The average Bonchev–Trinajstić information content (AvgIpc) is 3.11. The topological polar surface area (TPSA) is 79.6 Å². The smallest absolute Gasteiger partial charge is 0.269 e. The van der Waals surface area contributed by atoms with Crippen LogP contribution in [0, 0.1) is 23.0 Å². The summed E-state index contributed by atoms with van der Waals surface area (Å²) in [6.07, 6.45) is 1.65. The molecule has 0 bridgehead atoms. The predicted octanol–water partition coefficient (Wildman–Crippen LogP) is 3.79. The number of hydrogen-bond donors (Lipinski definition) is 0. The van der Waals surface area contributed by atoms with Crippen LogP contribution in [0.4, 0.5) is 5.69 Å². The molecular weight excluding hydrogens is 376 g/mol. The van der Waals surface area contributed by atoms with Crippen LogP contribution in [0.25, 0.3) is 0 Å². The predicted molar refractivity (Wildman–Crippen MR) is 109 cm³/mol. The molecule has 1 aromatic heterocycles. The van der Waals surface area contributed by atoms with Gasteiger partial charge in [0.25, 0.3) is 5.69 Å². The lowest BCUT2D eigenvalue weighted by Gasteiger charge is -2.34. The SMILES string of the molecule is Cc1nc(CN2CCC(C(=O)N(C)C(C)c3cccc([N+](=O)[O-])c3)CC2)cs1. The summed E-state index contributed by atoms with van der Waals surface area (Å²) in [6.45, 7) is 6.53. The fraction of sp³-hybridized carbons (Fsp3) is 0.500. The number of likely N-dealkylation sites (tertiary alicyclic amines) is 1. The van der Waals surface area contributed by atoms with Crippen LogP contribution in [0.2, 0.25) is 0 Å². The summed E-state index contributed by atoms with van der Waals surface area (Å²) in [4.78, 5) is 32.2. The van der Waals surface area contributed by atoms with Gasteiger partial charge in [0, 0.05) is 37.0 Å². The summed E-state index contributed by atoms with van der Waals surface area (Å²) in [6, 6.07) is 6.31. The van der Waals surface area contributed by atoms with Gasteiger partial charge in [-0.15, -0.1) is 11.3 Å². The number of nitro benzene ring substituents is 1. The number of piperidine rings is 1. The lowest BCUT2D eigenvalue weighted by molar-refractivity contribution is -0.384. The number of amides is 1. The van der Waals surface area contributed by atoms with Crippen molar-refractivity contribution in [1.29, 1.82) is 0 Å². The van der Waals surface area contributed by atoms with Crippen molar-refractivity contribution in [2.75, 3.05) is 20.1 Å². The highest BCUT2D eigenvalue weighted by Crippen LogP contribution is 2.27. The van der Waals surface area contributed by atoms with E-state index in [1.54, 1.807) is 35.4 Å². The third-order valence-corrected chi connectivity index (χ3v) is 6.30. The maximum atomic E-state index is 13.0. The third kappa shape index (κ3) is 4.74. The number of aryl methyl sites for hydroxylation is 1. The van der Waals surface area contributed by atoms with E-state index in [0.717, 1.165) is 48.7 Å². The lowest BCUT2D eigenvalue weighted by Crippen LogP contribution is -2.41. The van der Waals surface area contributed by atoms with Crippen LogP contribution in [-0.4, -0.2) is 45.8 Å². The Hall–Kier alpha value is -2.32. The van der Waals surface area contributed by atoms with Gasteiger partial charge < -0.3 is 4.90 Å². The first-order valence-corrected chi connectivity index (χ1v) is 10.4. The number of nitrogens with zero attached hydrogens (tertiary/aromatic N) is 4. The molecule has 7 nitrogen and oxygen atoms in total. The van der Waals surface area contributed by atoms with Crippen molar-refractivity contribution in [3.63, 3.8) is 0 Å². The zero-order valence-corrected chi connectivity index (χ0v) is 17.3. The molecule has 0 saturated carbocycles. The van der Waals surface area contributed by atoms with E-state index in [1.807, 2.05) is 19.9 Å². The Balaban J connectivity index is 1.56. The normalized spacial score (nSPS) is 16.7. The van der Waals surface area contributed by atoms with Gasteiger partial charge in [0.2, 0.25) is 5.91 Å². The van der Waals surface area contributed by atoms with Gasteiger partial charge in [-0.05, 0) is 45.3 Å². The summed E-state index contributed by atoms with van der Waals surface area (Å²) < 4.78 is 0. The number of rotatable bonds is 6. The molecule has 3 rings (SSSR count).